The third-order valence-electron chi connectivity index (χ3n) is 2.81. The molecule has 0 aliphatic heterocycles. The van der Waals surface area contributed by atoms with E-state index in [9.17, 15) is 4.79 Å². The van der Waals surface area contributed by atoms with Crippen molar-refractivity contribution in [2.45, 2.75) is 26.7 Å². The molecule has 4 heteroatoms. The Morgan fingerprint density at radius 2 is 2.00 bits per heavy atom. The molecule has 0 atom stereocenters. The lowest BCUT2D eigenvalue weighted by molar-refractivity contribution is -0.118. The van der Waals surface area contributed by atoms with E-state index in [1.54, 1.807) is 11.3 Å². The molecule has 0 bridgehead atoms. The number of nitrogens with zero attached hydrogens (tertiary/aromatic N) is 1. The second kappa shape index (κ2) is 6.48. The molecule has 1 aromatic carbocycles. The van der Waals surface area contributed by atoms with Crippen LogP contribution >= 0.6 is 11.3 Å². The quantitative estimate of drug-likeness (QED) is 0.811. The van der Waals surface area contributed by atoms with Crippen LogP contribution in [0.2, 0.25) is 0 Å². The molecule has 0 aliphatic rings. The average Bonchev–Trinajstić information content (AvgIpc) is 2.69. The first-order valence-corrected chi connectivity index (χ1v) is 7.09. The molecule has 1 heterocycles. The average molecular weight is 275 g/mol. The van der Waals surface area contributed by atoms with Gasteiger partial charge in [0.2, 0.25) is 0 Å². The molecule has 0 spiro atoms. The van der Waals surface area contributed by atoms with Crippen LogP contribution in [-0.4, -0.2) is 17.4 Å². The molecule has 19 heavy (non-hydrogen) atoms. The molecule has 0 N–H and O–H groups in total. The fourth-order valence-electron chi connectivity index (χ4n) is 1.67. The number of ketones is 1. The maximum absolute atomic E-state index is 11.8. The molecule has 0 amide bonds. The zero-order valence-corrected chi connectivity index (χ0v) is 12.0. The molecule has 0 unspecified atom stereocenters. The minimum absolute atomic E-state index is 0.171. The monoisotopic (exact) mass is 275 g/mol. The fourth-order valence-corrected chi connectivity index (χ4v) is 2.63. The van der Waals surface area contributed by atoms with E-state index in [0.29, 0.717) is 19.4 Å². The van der Waals surface area contributed by atoms with Crippen molar-refractivity contribution >= 4 is 17.1 Å². The number of rotatable bonds is 6. The van der Waals surface area contributed by atoms with E-state index in [0.717, 1.165) is 16.5 Å². The normalized spacial score (nSPS) is 10.4. The molecule has 2 rings (SSSR count). The van der Waals surface area contributed by atoms with Gasteiger partial charge in [0.15, 0.2) is 0 Å². The molecule has 100 valence electrons. The number of benzene rings is 1. The predicted octanol–water partition coefficient (Wildman–Crippen LogP) is 3.34. The summed E-state index contributed by atoms with van der Waals surface area (Å²) in [5, 5.41) is 0.903. The minimum atomic E-state index is 0.171. The Morgan fingerprint density at radius 1 is 1.26 bits per heavy atom. The van der Waals surface area contributed by atoms with Crippen LogP contribution in [0.1, 0.15) is 22.0 Å². The summed E-state index contributed by atoms with van der Waals surface area (Å²) in [6.45, 7) is 4.42. The van der Waals surface area contributed by atoms with Crippen molar-refractivity contribution < 1.29 is 9.53 Å². The highest BCUT2D eigenvalue weighted by atomic mass is 32.1. The van der Waals surface area contributed by atoms with Crippen LogP contribution < -0.4 is 4.74 Å². The zero-order valence-electron chi connectivity index (χ0n) is 11.2. The van der Waals surface area contributed by atoms with Gasteiger partial charge in [-0.2, -0.15) is 0 Å². The predicted molar refractivity (Wildman–Crippen MR) is 76.9 cm³/mol. The Bertz CT molecular complexity index is 529. The van der Waals surface area contributed by atoms with Crippen molar-refractivity contribution in [2.24, 2.45) is 0 Å². The summed E-state index contributed by atoms with van der Waals surface area (Å²) in [6, 6.07) is 9.54. The van der Waals surface area contributed by atoms with Crippen molar-refractivity contribution in [1.29, 1.82) is 0 Å². The largest absolute Gasteiger partial charge is 0.493 e. The molecule has 1 aromatic heterocycles. The van der Waals surface area contributed by atoms with E-state index in [4.69, 9.17) is 4.74 Å². The summed E-state index contributed by atoms with van der Waals surface area (Å²) in [4.78, 5) is 17.4. The van der Waals surface area contributed by atoms with Gasteiger partial charge in [0.05, 0.1) is 18.7 Å². The van der Waals surface area contributed by atoms with Crippen molar-refractivity contribution in [3.63, 3.8) is 0 Å². The van der Waals surface area contributed by atoms with E-state index < -0.39 is 0 Å². The highest BCUT2D eigenvalue weighted by molar-refractivity contribution is 7.11. The van der Waals surface area contributed by atoms with Gasteiger partial charge in [0.1, 0.15) is 16.5 Å². The first-order chi connectivity index (χ1) is 9.15. The Hall–Kier alpha value is -1.68. The third kappa shape index (κ3) is 4.17. The maximum atomic E-state index is 11.8. The molecule has 3 nitrogen and oxygen atoms in total. The lowest BCUT2D eigenvalue weighted by Crippen LogP contribution is -2.08. The van der Waals surface area contributed by atoms with E-state index in [2.05, 4.69) is 4.98 Å². The Balaban J connectivity index is 1.76. The number of Topliss-reactive ketones (excluding diaryl/α,β-unsaturated/α-hetero) is 1. The van der Waals surface area contributed by atoms with Crippen LogP contribution in [0.25, 0.3) is 0 Å². The number of carbonyl (C=O) groups excluding carboxylic acids is 1. The number of thiazole rings is 1. The highest BCUT2D eigenvalue weighted by Crippen LogP contribution is 2.17. The number of hydrogen-bond donors (Lipinski definition) is 0. The summed E-state index contributed by atoms with van der Waals surface area (Å²) in [7, 11) is 0. The number of para-hydroxylation sites is 1. The van der Waals surface area contributed by atoms with E-state index in [1.807, 2.05) is 44.2 Å². The summed E-state index contributed by atoms with van der Waals surface area (Å²) in [5.41, 5.74) is 1.02. The smallest absolute Gasteiger partial charge is 0.143 e. The van der Waals surface area contributed by atoms with Crippen molar-refractivity contribution in [3.8, 4) is 5.75 Å². The van der Waals surface area contributed by atoms with Crippen LogP contribution in [0.3, 0.4) is 0 Å². The first kappa shape index (κ1) is 13.7. The maximum Gasteiger partial charge on any atom is 0.143 e. The van der Waals surface area contributed by atoms with Gasteiger partial charge in [0, 0.05) is 11.3 Å². The Kier molecular flexibility index (Phi) is 4.68. The van der Waals surface area contributed by atoms with Crippen LogP contribution in [0, 0.1) is 13.8 Å². The number of ether oxygens (including phenoxy) is 1. The summed E-state index contributed by atoms with van der Waals surface area (Å²) in [5.74, 6) is 0.973. The van der Waals surface area contributed by atoms with Crippen LogP contribution in [0.4, 0.5) is 0 Å². The zero-order chi connectivity index (χ0) is 13.7. The molecule has 0 saturated carbocycles. The van der Waals surface area contributed by atoms with Gasteiger partial charge in [-0.25, -0.2) is 4.98 Å². The highest BCUT2D eigenvalue weighted by Gasteiger charge is 2.09. The van der Waals surface area contributed by atoms with Gasteiger partial charge in [-0.05, 0) is 26.0 Å². The van der Waals surface area contributed by atoms with Gasteiger partial charge in [-0.15, -0.1) is 11.3 Å². The number of aryl methyl sites for hydroxylation is 2. The lowest BCUT2D eigenvalue weighted by Gasteiger charge is -2.04. The van der Waals surface area contributed by atoms with Gasteiger partial charge < -0.3 is 4.74 Å². The van der Waals surface area contributed by atoms with Gasteiger partial charge >= 0.3 is 0 Å². The standard InChI is InChI=1S/C15H17NO2S/c1-11-12(2)19-15(16-11)10-13(17)8-9-18-14-6-4-3-5-7-14/h3-7H,8-10H2,1-2H3. The van der Waals surface area contributed by atoms with E-state index in [1.165, 1.54) is 4.88 Å². The summed E-state index contributed by atoms with van der Waals surface area (Å²) >= 11 is 1.60. The van der Waals surface area contributed by atoms with Gasteiger partial charge in [-0.1, -0.05) is 18.2 Å². The van der Waals surface area contributed by atoms with Crippen molar-refractivity contribution in [3.05, 3.63) is 45.9 Å². The molecule has 0 saturated heterocycles. The topological polar surface area (TPSA) is 39.2 Å². The Morgan fingerprint density at radius 3 is 2.63 bits per heavy atom. The molecule has 0 aliphatic carbocycles. The van der Waals surface area contributed by atoms with Crippen molar-refractivity contribution in [1.82, 2.24) is 4.98 Å². The van der Waals surface area contributed by atoms with Crippen LogP contribution in [0.5, 0.6) is 5.75 Å². The molecule has 0 radical (unpaired) electrons. The second-order valence-electron chi connectivity index (χ2n) is 4.38. The lowest BCUT2D eigenvalue weighted by atomic mass is 10.2. The summed E-state index contributed by atoms with van der Waals surface area (Å²) in [6.07, 6.45) is 0.837. The Labute approximate surface area is 117 Å². The molecule has 0 fully saturated rings. The molecular weight excluding hydrogens is 258 g/mol. The molecule has 2 aromatic rings. The number of carbonyl (C=O) groups is 1. The second-order valence-corrected chi connectivity index (χ2v) is 5.66. The van der Waals surface area contributed by atoms with E-state index >= 15 is 0 Å². The molecular formula is C15H17NO2S. The van der Waals surface area contributed by atoms with Crippen molar-refractivity contribution in [2.75, 3.05) is 6.61 Å². The summed E-state index contributed by atoms with van der Waals surface area (Å²) < 4.78 is 5.51. The van der Waals surface area contributed by atoms with Crippen LogP contribution in [0.15, 0.2) is 30.3 Å². The fraction of sp³-hybridized carbons (Fsp3) is 0.333. The first-order valence-electron chi connectivity index (χ1n) is 6.27. The van der Waals surface area contributed by atoms with Gasteiger partial charge in [0.25, 0.3) is 0 Å². The SMILES string of the molecule is Cc1nc(CC(=O)CCOc2ccccc2)sc1C. The number of aromatic nitrogens is 1. The third-order valence-corrected chi connectivity index (χ3v) is 3.89. The van der Waals surface area contributed by atoms with Gasteiger partial charge in [-0.3, -0.25) is 4.79 Å². The van der Waals surface area contributed by atoms with Crippen LogP contribution in [-0.2, 0) is 11.2 Å². The number of hydrogen-bond acceptors (Lipinski definition) is 4. The minimum Gasteiger partial charge on any atom is -0.493 e. The van der Waals surface area contributed by atoms with E-state index in [-0.39, 0.29) is 5.78 Å².